The molecule has 1 unspecified atom stereocenters. The van der Waals surface area contributed by atoms with E-state index < -0.39 is 57.4 Å². The summed E-state index contributed by atoms with van der Waals surface area (Å²) in [5.74, 6) is -16.7. The molecule has 0 aromatic heterocycles. The Labute approximate surface area is 125 Å². The average molecular weight is 380 g/mol. The molecule has 0 aromatic carbocycles. The van der Waals surface area contributed by atoms with E-state index in [4.69, 9.17) is 0 Å². The maximum atomic E-state index is 14.3. The van der Waals surface area contributed by atoms with Gasteiger partial charge in [0.25, 0.3) is 0 Å². The average Bonchev–Trinajstić information content (AvgIpc) is 2.42. The second-order valence-corrected chi connectivity index (χ2v) is 6.60. The first-order valence-corrected chi connectivity index (χ1v) is 7.47. The molecule has 0 radical (unpaired) electrons. The summed E-state index contributed by atoms with van der Waals surface area (Å²) in [4.78, 5) is 11.1. The van der Waals surface area contributed by atoms with Crippen LogP contribution in [0.2, 0.25) is 0 Å². The van der Waals surface area contributed by atoms with E-state index in [9.17, 15) is 48.3 Å². The molecule has 0 fully saturated rings. The molecular weight excluding hydrogens is 368 g/mol. The Hall–Kier alpha value is -1.14. The Bertz CT molecular complexity index is 542. The van der Waals surface area contributed by atoms with Crippen LogP contribution in [0, 0.1) is 0 Å². The smallest absolute Gasteiger partial charge is 0.390 e. The zero-order chi connectivity index (χ0) is 18.9. The van der Waals surface area contributed by atoms with E-state index in [0.717, 1.165) is 0 Å². The van der Waals surface area contributed by atoms with Gasteiger partial charge in [0.15, 0.2) is 0 Å². The first-order chi connectivity index (χ1) is 10.00. The summed E-state index contributed by atoms with van der Waals surface area (Å²) in [5.41, 5.74) is 0. The maximum absolute atomic E-state index is 14.3. The molecule has 4 nitrogen and oxygen atoms in total. The summed E-state index contributed by atoms with van der Waals surface area (Å²) >= 11 is 0. The quantitative estimate of drug-likeness (QED) is 0.504. The minimum absolute atomic E-state index is 0.218. The van der Waals surface area contributed by atoms with Crippen molar-refractivity contribution in [2.24, 2.45) is 0 Å². The van der Waals surface area contributed by atoms with Crippen molar-refractivity contribution >= 4 is 15.8 Å². The molecule has 23 heavy (non-hydrogen) atoms. The summed E-state index contributed by atoms with van der Waals surface area (Å²) in [5, 5.41) is -5.67. The fourth-order valence-electron chi connectivity index (χ4n) is 1.43. The lowest BCUT2D eigenvalue weighted by Gasteiger charge is -2.35. The Balaban J connectivity index is 6.20. The lowest BCUT2D eigenvalue weighted by molar-refractivity contribution is -0.252. The molecule has 0 aromatic rings. The SMILES string of the molecule is CCC(F)(F)C(F)(F)C(F)(C(=O)OC)S(=O)(=O)CCC(F)(F)F. The minimum Gasteiger partial charge on any atom is -0.466 e. The van der Waals surface area contributed by atoms with E-state index in [-0.39, 0.29) is 7.11 Å². The first kappa shape index (κ1) is 21.9. The zero-order valence-corrected chi connectivity index (χ0v) is 12.5. The van der Waals surface area contributed by atoms with E-state index in [1.807, 2.05) is 0 Å². The van der Waals surface area contributed by atoms with Crippen LogP contribution in [0.4, 0.5) is 35.1 Å². The van der Waals surface area contributed by atoms with Gasteiger partial charge in [-0.05, 0) is 0 Å². The molecule has 0 amide bonds. The van der Waals surface area contributed by atoms with Crippen LogP contribution in [0.5, 0.6) is 0 Å². The third-order valence-electron chi connectivity index (χ3n) is 2.84. The number of carbonyl (C=O) groups excluding carboxylic acids is 1. The Morgan fingerprint density at radius 3 is 1.74 bits per heavy atom. The van der Waals surface area contributed by atoms with Crippen molar-refractivity contribution in [3.05, 3.63) is 0 Å². The number of carbonyl (C=O) groups is 1. The molecule has 0 saturated heterocycles. The number of alkyl halides is 8. The van der Waals surface area contributed by atoms with Crippen molar-refractivity contribution in [3.8, 4) is 0 Å². The summed E-state index contributed by atoms with van der Waals surface area (Å²) in [6.45, 7) is 0.438. The predicted molar refractivity (Wildman–Crippen MR) is 60.5 cm³/mol. The monoisotopic (exact) mass is 380 g/mol. The standard InChI is InChI=1S/C10H12F8O4S/c1-3-7(11,12)10(17,18)9(16,6(19)22-2)23(20,21)5-4-8(13,14)15/h3-5H2,1-2H3. The van der Waals surface area contributed by atoms with Gasteiger partial charge in [0, 0.05) is 6.42 Å². The van der Waals surface area contributed by atoms with Gasteiger partial charge in [-0.15, -0.1) is 0 Å². The number of methoxy groups -OCH3 is 1. The molecule has 0 aliphatic carbocycles. The first-order valence-electron chi connectivity index (χ1n) is 5.82. The van der Waals surface area contributed by atoms with E-state index >= 15 is 0 Å². The number of rotatable bonds is 7. The number of esters is 1. The molecule has 0 aliphatic rings. The molecular formula is C10H12F8O4S. The van der Waals surface area contributed by atoms with Crippen LogP contribution in [0.15, 0.2) is 0 Å². The van der Waals surface area contributed by atoms with E-state index in [1.165, 1.54) is 0 Å². The second-order valence-electron chi connectivity index (χ2n) is 4.40. The third kappa shape index (κ3) is 3.86. The minimum atomic E-state index is -6.31. The molecule has 13 heteroatoms. The second kappa shape index (κ2) is 6.40. The largest absolute Gasteiger partial charge is 0.466 e. The van der Waals surface area contributed by atoms with Gasteiger partial charge in [-0.1, -0.05) is 6.92 Å². The van der Waals surface area contributed by atoms with Crippen molar-refractivity contribution in [3.63, 3.8) is 0 Å². The van der Waals surface area contributed by atoms with Crippen molar-refractivity contribution < 1.29 is 53.1 Å². The predicted octanol–water partition coefficient (Wildman–Crippen LogP) is 2.87. The Morgan fingerprint density at radius 2 is 1.43 bits per heavy atom. The number of ether oxygens (including phenoxy) is 1. The highest BCUT2D eigenvalue weighted by Crippen LogP contribution is 2.50. The molecule has 0 bridgehead atoms. The fraction of sp³-hybridized carbons (Fsp3) is 0.900. The molecule has 138 valence electrons. The van der Waals surface area contributed by atoms with Gasteiger partial charge in [-0.3, -0.25) is 0 Å². The molecule has 0 aliphatic heterocycles. The van der Waals surface area contributed by atoms with Crippen molar-refractivity contribution in [2.75, 3.05) is 12.9 Å². The molecule has 0 spiro atoms. The van der Waals surface area contributed by atoms with Gasteiger partial charge >= 0.3 is 29.0 Å². The van der Waals surface area contributed by atoms with Gasteiger partial charge < -0.3 is 4.74 Å². The van der Waals surface area contributed by atoms with Crippen molar-refractivity contribution in [2.45, 2.75) is 42.8 Å². The van der Waals surface area contributed by atoms with Crippen LogP contribution in [-0.4, -0.2) is 50.3 Å². The lowest BCUT2D eigenvalue weighted by atomic mass is 10.0. The molecule has 0 rings (SSSR count). The summed E-state index contributed by atoms with van der Waals surface area (Å²) in [6, 6.07) is 0. The molecule has 0 heterocycles. The van der Waals surface area contributed by atoms with Crippen molar-refractivity contribution in [1.82, 2.24) is 0 Å². The molecule has 0 saturated carbocycles. The molecule has 0 N–H and O–H groups in total. The van der Waals surface area contributed by atoms with Crippen LogP contribution in [0.25, 0.3) is 0 Å². The zero-order valence-electron chi connectivity index (χ0n) is 11.7. The van der Waals surface area contributed by atoms with Gasteiger partial charge in [0.05, 0.1) is 19.3 Å². The van der Waals surface area contributed by atoms with Gasteiger partial charge in [0.1, 0.15) is 0 Å². The third-order valence-corrected chi connectivity index (χ3v) is 4.86. The summed E-state index contributed by atoms with van der Waals surface area (Å²) < 4.78 is 131. The van der Waals surface area contributed by atoms with Gasteiger partial charge in [-0.25, -0.2) is 17.6 Å². The number of hydrogen-bond acceptors (Lipinski definition) is 4. The fourth-order valence-corrected chi connectivity index (χ4v) is 3.09. The van der Waals surface area contributed by atoms with Crippen LogP contribution < -0.4 is 0 Å². The highest BCUT2D eigenvalue weighted by Gasteiger charge is 2.79. The Morgan fingerprint density at radius 1 is 1.00 bits per heavy atom. The van der Waals surface area contributed by atoms with Gasteiger partial charge in [0.2, 0.25) is 9.84 Å². The Kier molecular flexibility index (Phi) is 6.08. The van der Waals surface area contributed by atoms with Crippen LogP contribution in [0.1, 0.15) is 19.8 Å². The molecule has 1 atom stereocenters. The normalized spacial score (nSPS) is 16.8. The number of halogens is 8. The van der Waals surface area contributed by atoms with Crippen molar-refractivity contribution in [1.29, 1.82) is 0 Å². The maximum Gasteiger partial charge on any atom is 0.390 e. The van der Waals surface area contributed by atoms with Gasteiger partial charge in [-0.2, -0.15) is 30.7 Å². The van der Waals surface area contributed by atoms with Crippen LogP contribution >= 0.6 is 0 Å². The highest BCUT2D eigenvalue weighted by atomic mass is 32.2. The van der Waals surface area contributed by atoms with Crippen LogP contribution in [0.3, 0.4) is 0 Å². The van der Waals surface area contributed by atoms with E-state index in [2.05, 4.69) is 4.74 Å². The highest BCUT2D eigenvalue weighted by molar-refractivity contribution is 7.93. The lowest BCUT2D eigenvalue weighted by Crippen LogP contribution is -2.64. The summed E-state index contributed by atoms with van der Waals surface area (Å²) in [6.07, 6.45) is -9.31. The van der Waals surface area contributed by atoms with E-state index in [1.54, 1.807) is 0 Å². The number of sulfone groups is 1. The van der Waals surface area contributed by atoms with E-state index in [0.29, 0.717) is 6.92 Å². The summed E-state index contributed by atoms with van der Waals surface area (Å²) in [7, 11) is -6.09. The number of hydrogen-bond donors (Lipinski definition) is 0. The van der Waals surface area contributed by atoms with Crippen LogP contribution in [-0.2, 0) is 19.4 Å². The topological polar surface area (TPSA) is 60.4 Å².